The molecule has 0 unspecified atom stereocenters. The molecule has 0 spiro atoms. The molecule has 0 aliphatic carbocycles. The number of aromatic nitrogens is 2. The summed E-state index contributed by atoms with van der Waals surface area (Å²) < 4.78 is 10.4. The molecular formula is C19H28ClN5O3. The number of hydrogen-bond donors (Lipinski definition) is 2. The molecule has 1 amide bonds. The van der Waals surface area contributed by atoms with E-state index in [2.05, 4.69) is 25.7 Å². The van der Waals surface area contributed by atoms with Crippen LogP contribution >= 0.6 is 12.4 Å². The Morgan fingerprint density at radius 1 is 1.29 bits per heavy atom. The normalized spacial score (nSPS) is 14.3. The first-order valence-electron chi connectivity index (χ1n) is 9.41. The third kappa shape index (κ3) is 6.78. The largest absolute Gasteiger partial charge is 0.497 e. The third-order valence-electron chi connectivity index (χ3n) is 4.57. The first kappa shape index (κ1) is 22.1. The number of benzene rings is 1. The molecule has 2 aromatic rings. The number of aryl methyl sites for hydroxylation is 1. The molecule has 28 heavy (non-hydrogen) atoms. The number of nitrogens with zero attached hydrogens (tertiary/aromatic N) is 3. The Morgan fingerprint density at radius 3 is 2.75 bits per heavy atom. The molecule has 2 N–H and O–H groups in total. The van der Waals surface area contributed by atoms with E-state index in [4.69, 9.17) is 9.26 Å². The van der Waals surface area contributed by atoms with Crippen LogP contribution in [-0.4, -0.2) is 67.3 Å². The molecule has 2 heterocycles. The van der Waals surface area contributed by atoms with E-state index in [1.54, 1.807) is 7.11 Å². The van der Waals surface area contributed by atoms with Gasteiger partial charge in [-0.05, 0) is 37.2 Å². The van der Waals surface area contributed by atoms with E-state index in [9.17, 15) is 4.79 Å². The molecule has 0 radical (unpaired) electrons. The first-order chi connectivity index (χ1) is 13.2. The minimum atomic E-state index is 0. The van der Waals surface area contributed by atoms with Crippen LogP contribution in [-0.2, 0) is 11.2 Å². The lowest BCUT2D eigenvalue weighted by atomic mass is 10.2. The summed E-state index contributed by atoms with van der Waals surface area (Å²) in [5.41, 5.74) is 0.850. The molecule has 1 saturated heterocycles. The third-order valence-corrected chi connectivity index (χ3v) is 4.57. The Balaban J connectivity index is 0.00000280. The minimum Gasteiger partial charge on any atom is -0.497 e. The van der Waals surface area contributed by atoms with Gasteiger partial charge < -0.3 is 24.8 Å². The van der Waals surface area contributed by atoms with E-state index in [-0.39, 0.29) is 18.3 Å². The predicted octanol–water partition coefficient (Wildman–Crippen LogP) is 1.51. The number of rotatable bonds is 9. The second-order valence-corrected chi connectivity index (χ2v) is 6.54. The highest BCUT2D eigenvalue weighted by Gasteiger charge is 2.12. The van der Waals surface area contributed by atoms with Gasteiger partial charge in [-0.1, -0.05) is 5.16 Å². The van der Waals surface area contributed by atoms with Crippen molar-refractivity contribution in [2.24, 2.45) is 0 Å². The Kier molecular flexibility index (Phi) is 9.19. The Bertz CT molecular complexity index is 717. The van der Waals surface area contributed by atoms with Crippen molar-refractivity contribution in [1.82, 2.24) is 25.7 Å². The number of amides is 1. The average molecular weight is 410 g/mol. The fourth-order valence-corrected chi connectivity index (χ4v) is 2.99. The number of hydrogen-bond acceptors (Lipinski definition) is 7. The molecule has 1 fully saturated rings. The maximum Gasteiger partial charge on any atom is 0.227 e. The standard InChI is InChI=1S/C19H27N5O3.ClH/c1-26-16-5-3-15(4-6-16)19-22-18(27-23-19)8-7-17(25)21-9-2-12-24-13-10-20-11-14-24;/h3-6,20H,2,7-14H2,1H3,(H,21,25);1H. The van der Waals surface area contributed by atoms with Crippen LogP contribution in [0.1, 0.15) is 18.7 Å². The summed E-state index contributed by atoms with van der Waals surface area (Å²) in [6.07, 6.45) is 1.75. The van der Waals surface area contributed by atoms with Crippen molar-refractivity contribution in [1.29, 1.82) is 0 Å². The number of carbonyl (C=O) groups is 1. The van der Waals surface area contributed by atoms with Crippen LogP contribution in [0.3, 0.4) is 0 Å². The number of piperazine rings is 1. The molecule has 1 aromatic heterocycles. The van der Waals surface area contributed by atoms with Crippen LogP contribution < -0.4 is 15.4 Å². The topological polar surface area (TPSA) is 92.5 Å². The van der Waals surface area contributed by atoms with Gasteiger partial charge in [-0.2, -0.15) is 4.98 Å². The van der Waals surface area contributed by atoms with Crippen LogP contribution in [0.25, 0.3) is 11.4 Å². The fraction of sp³-hybridized carbons (Fsp3) is 0.526. The SMILES string of the molecule is COc1ccc(-c2noc(CCC(=O)NCCCN3CCNCC3)n2)cc1.Cl. The summed E-state index contributed by atoms with van der Waals surface area (Å²) in [6, 6.07) is 7.44. The quantitative estimate of drug-likeness (QED) is 0.606. The Hall–Kier alpha value is -2.16. The van der Waals surface area contributed by atoms with Gasteiger partial charge >= 0.3 is 0 Å². The highest BCUT2D eigenvalue weighted by Crippen LogP contribution is 2.19. The first-order valence-corrected chi connectivity index (χ1v) is 9.41. The Labute approximate surface area is 171 Å². The minimum absolute atomic E-state index is 0. The smallest absolute Gasteiger partial charge is 0.227 e. The van der Waals surface area contributed by atoms with Gasteiger partial charge in [0.25, 0.3) is 0 Å². The molecule has 8 nitrogen and oxygen atoms in total. The number of nitrogens with one attached hydrogen (secondary N) is 2. The maximum absolute atomic E-state index is 12.0. The van der Waals surface area contributed by atoms with Gasteiger partial charge in [0.2, 0.25) is 17.6 Å². The second kappa shape index (κ2) is 11.6. The molecule has 0 bridgehead atoms. The van der Waals surface area contributed by atoms with Gasteiger partial charge in [0.05, 0.1) is 7.11 Å². The van der Waals surface area contributed by atoms with Gasteiger partial charge in [0, 0.05) is 51.1 Å². The zero-order valence-electron chi connectivity index (χ0n) is 16.1. The van der Waals surface area contributed by atoms with E-state index in [1.165, 1.54) is 0 Å². The average Bonchev–Trinajstić information content (AvgIpc) is 3.19. The van der Waals surface area contributed by atoms with Crippen molar-refractivity contribution < 1.29 is 14.1 Å². The number of methoxy groups -OCH3 is 1. The van der Waals surface area contributed by atoms with Crippen LogP contribution in [0.5, 0.6) is 5.75 Å². The second-order valence-electron chi connectivity index (χ2n) is 6.54. The van der Waals surface area contributed by atoms with Crippen molar-refractivity contribution in [2.75, 3.05) is 46.4 Å². The lowest BCUT2D eigenvalue weighted by molar-refractivity contribution is -0.121. The summed E-state index contributed by atoms with van der Waals surface area (Å²) in [4.78, 5) is 18.7. The summed E-state index contributed by atoms with van der Waals surface area (Å²) in [7, 11) is 1.62. The van der Waals surface area contributed by atoms with Crippen molar-refractivity contribution in [3.05, 3.63) is 30.2 Å². The summed E-state index contributed by atoms with van der Waals surface area (Å²) >= 11 is 0. The van der Waals surface area contributed by atoms with E-state index in [1.807, 2.05) is 24.3 Å². The van der Waals surface area contributed by atoms with E-state index < -0.39 is 0 Å². The van der Waals surface area contributed by atoms with Crippen molar-refractivity contribution in [3.8, 4) is 17.1 Å². The Morgan fingerprint density at radius 2 is 2.04 bits per heavy atom. The molecule has 3 rings (SSSR count). The maximum atomic E-state index is 12.0. The summed E-state index contributed by atoms with van der Waals surface area (Å²) in [6.45, 7) is 5.99. The fourth-order valence-electron chi connectivity index (χ4n) is 2.99. The number of carbonyl (C=O) groups excluding carboxylic acids is 1. The molecule has 0 atom stereocenters. The zero-order chi connectivity index (χ0) is 18.9. The van der Waals surface area contributed by atoms with Gasteiger partial charge in [-0.3, -0.25) is 4.79 Å². The van der Waals surface area contributed by atoms with Gasteiger partial charge in [0.1, 0.15) is 5.75 Å². The van der Waals surface area contributed by atoms with Crippen LogP contribution in [0.15, 0.2) is 28.8 Å². The molecule has 0 saturated carbocycles. The lowest BCUT2D eigenvalue weighted by Crippen LogP contribution is -2.44. The molecule has 1 aliphatic heterocycles. The predicted molar refractivity (Wildman–Crippen MR) is 109 cm³/mol. The summed E-state index contributed by atoms with van der Waals surface area (Å²) in [5.74, 6) is 1.77. The molecule has 1 aliphatic rings. The number of halogens is 1. The lowest BCUT2D eigenvalue weighted by Gasteiger charge is -2.27. The van der Waals surface area contributed by atoms with Crippen molar-refractivity contribution >= 4 is 18.3 Å². The molecule has 9 heteroatoms. The zero-order valence-corrected chi connectivity index (χ0v) is 17.0. The van der Waals surface area contributed by atoms with Crippen molar-refractivity contribution in [3.63, 3.8) is 0 Å². The summed E-state index contributed by atoms with van der Waals surface area (Å²) in [5, 5.41) is 10.3. The van der Waals surface area contributed by atoms with Gasteiger partial charge in [0.15, 0.2) is 0 Å². The van der Waals surface area contributed by atoms with E-state index >= 15 is 0 Å². The highest BCUT2D eigenvalue weighted by atomic mass is 35.5. The van der Waals surface area contributed by atoms with E-state index in [0.29, 0.717) is 31.1 Å². The molecular weight excluding hydrogens is 382 g/mol. The van der Waals surface area contributed by atoms with Crippen LogP contribution in [0.4, 0.5) is 0 Å². The van der Waals surface area contributed by atoms with Gasteiger partial charge in [-0.25, -0.2) is 0 Å². The van der Waals surface area contributed by atoms with Crippen LogP contribution in [0, 0.1) is 0 Å². The van der Waals surface area contributed by atoms with E-state index in [0.717, 1.165) is 50.5 Å². The number of ether oxygens (including phenoxy) is 1. The monoisotopic (exact) mass is 409 g/mol. The highest BCUT2D eigenvalue weighted by molar-refractivity contribution is 5.85. The van der Waals surface area contributed by atoms with Crippen LogP contribution in [0.2, 0.25) is 0 Å². The van der Waals surface area contributed by atoms with Gasteiger partial charge in [-0.15, -0.1) is 12.4 Å². The molecule has 1 aromatic carbocycles. The molecule has 154 valence electrons. The van der Waals surface area contributed by atoms with Crippen molar-refractivity contribution in [2.45, 2.75) is 19.3 Å².